The van der Waals surface area contributed by atoms with E-state index in [0.29, 0.717) is 17.9 Å². The van der Waals surface area contributed by atoms with E-state index in [0.717, 1.165) is 22.0 Å². The van der Waals surface area contributed by atoms with Crippen LogP contribution < -0.4 is 4.74 Å². The number of rotatable bonds is 2. The lowest BCUT2D eigenvalue weighted by Crippen LogP contribution is -2.15. The van der Waals surface area contributed by atoms with E-state index in [1.54, 1.807) is 7.11 Å². The average Bonchev–Trinajstić information content (AvgIpc) is 2.84. The fourth-order valence-electron chi connectivity index (χ4n) is 1.84. The molecule has 3 rings (SSSR count). The van der Waals surface area contributed by atoms with Crippen LogP contribution in [0.2, 0.25) is 0 Å². The highest BCUT2D eigenvalue weighted by Gasteiger charge is 2.23. The van der Waals surface area contributed by atoms with Crippen molar-refractivity contribution in [1.29, 1.82) is 0 Å². The Balaban J connectivity index is 1.99. The highest BCUT2D eigenvalue weighted by molar-refractivity contribution is 7.17. The van der Waals surface area contributed by atoms with Gasteiger partial charge in [-0.2, -0.15) is 0 Å². The molecule has 92 valence electrons. The van der Waals surface area contributed by atoms with Gasteiger partial charge in [-0.05, 0) is 24.3 Å². The summed E-state index contributed by atoms with van der Waals surface area (Å²) in [7, 11) is 1.63. The van der Waals surface area contributed by atoms with Crippen LogP contribution in [0.3, 0.4) is 0 Å². The number of nitrogens with zero attached hydrogens (tertiary/aromatic N) is 1. The van der Waals surface area contributed by atoms with E-state index >= 15 is 0 Å². The molecule has 0 N–H and O–H groups in total. The molecule has 1 aromatic carbocycles. The highest BCUT2D eigenvalue weighted by atomic mass is 32.1. The van der Waals surface area contributed by atoms with E-state index in [4.69, 9.17) is 9.47 Å². The van der Waals surface area contributed by atoms with Gasteiger partial charge in [0.05, 0.1) is 19.4 Å². The second-order valence-electron chi connectivity index (χ2n) is 3.91. The Morgan fingerprint density at radius 3 is 2.78 bits per heavy atom. The second kappa shape index (κ2) is 4.42. The van der Waals surface area contributed by atoms with Gasteiger partial charge in [0.2, 0.25) is 0 Å². The second-order valence-corrected chi connectivity index (χ2v) is 4.91. The molecule has 0 unspecified atom stereocenters. The maximum absolute atomic E-state index is 11.6. The zero-order valence-electron chi connectivity index (χ0n) is 9.80. The van der Waals surface area contributed by atoms with Gasteiger partial charge >= 0.3 is 5.97 Å². The van der Waals surface area contributed by atoms with Crippen LogP contribution in [0.4, 0.5) is 0 Å². The first-order valence-corrected chi connectivity index (χ1v) is 6.41. The van der Waals surface area contributed by atoms with Crippen LogP contribution in [0.5, 0.6) is 5.75 Å². The minimum absolute atomic E-state index is 0.256. The summed E-state index contributed by atoms with van der Waals surface area (Å²) >= 11 is 1.38. The summed E-state index contributed by atoms with van der Waals surface area (Å²) < 4.78 is 10.1. The number of aromatic nitrogens is 1. The molecule has 0 saturated carbocycles. The highest BCUT2D eigenvalue weighted by Crippen LogP contribution is 2.31. The number of hydrogen-bond donors (Lipinski definition) is 0. The van der Waals surface area contributed by atoms with Crippen molar-refractivity contribution in [2.75, 3.05) is 13.7 Å². The third-order valence-corrected chi connectivity index (χ3v) is 3.92. The summed E-state index contributed by atoms with van der Waals surface area (Å²) in [5.41, 5.74) is 1.84. The third-order valence-electron chi connectivity index (χ3n) is 2.79. The average molecular weight is 261 g/mol. The van der Waals surface area contributed by atoms with Crippen LogP contribution in [0.15, 0.2) is 24.3 Å². The van der Waals surface area contributed by atoms with Crippen molar-refractivity contribution in [3.05, 3.63) is 34.8 Å². The van der Waals surface area contributed by atoms with Gasteiger partial charge in [-0.1, -0.05) is 0 Å². The lowest BCUT2D eigenvalue weighted by atomic mass is 10.2. The summed E-state index contributed by atoms with van der Waals surface area (Å²) in [5.74, 6) is 0.549. The van der Waals surface area contributed by atoms with Crippen LogP contribution in [-0.4, -0.2) is 24.7 Å². The molecule has 0 amide bonds. The summed E-state index contributed by atoms with van der Waals surface area (Å²) in [6, 6.07) is 7.64. The molecule has 5 heteroatoms. The van der Waals surface area contributed by atoms with Crippen molar-refractivity contribution in [3.8, 4) is 16.3 Å². The summed E-state index contributed by atoms with van der Waals surface area (Å²) in [6.07, 6.45) is 0.702. The Morgan fingerprint density at radius 1 is 1.33 bits per heavy atom. The molecule has 0 saturated heterocycles. The number of fused-ring (bicyclic) bond motifs is 1. The first-order chi connectivity index (χ1) is 8.78. The number of carbonyl (C=O) groups excluding carboxylic acids is 1. The van der Waals surface area contributed by atoms with Crippen LogP contribution in [0, 0.1) is 0 Å². The molecule has 2 heterocycles. The van der Waals surface area contributed by atoms with Gasteiger partial charge in [0.15, 0.2) is 0 Å². The molecule has 0 atom stereocenters. The number of esters is 1. The number of hydrogen-bond acceptors (Lipinski definition) is 5. The van der Waals surface area contributed by atoms with Gasteiger partial charge in [-0.15, -0.1) is 11.3 Å². The zero-order chi connectivity index (χ0) is 12.5. The fourth-order valence-corrected chi connectivity index (χ4v) is 2.85. The lowest BCUT2D eigenvalue weighted by molar-refractivity contribution is 0.0485. The molecule has 4 nitrogen and oxygen atoms in total. The van der Waals surface area contributed by atoms with Crippen LogP contribution in [0.1, 0.15) is 15.4 Å². The maximum Gasteiger partial charge on any atom is 0.350 e. The predicted molar refractivity (Wildman–Crippen MR) is 68.1 cm³/mol. The molecule has 0 spiro atoms. The molecule has 0 radical (unpaired) electrons. The Bertz CT molecular complexity index is 589. The largest absolute Gasteiger partial charge is 0.497 e. The van der Waals surface area contributed by atoms with Gasteiger partial charge in [0.25, 0.3) is 0 Å². The fraction of sp³-hybridized carbons (Fsp3) is 0.231. The van der Waals surface area contributed by atoms with Crippen molar-refractivity contribution < 1.29 is 14.3 Å². The van der Waals surface area contributed by atoms with E-state index in [2.05, 4.69) is 4.98 Å². The monoisotopic (exact) mass is 261 g/mol. The molecule has 1 aliphatic rings. The lowest BCUT2D eigenvalue weighted by Gasteiger charge is -2.08. The quantitative estimate of drug-likeness (QED) is 0.779. The Morgan fingerprint density at radius 2 is 2.11 bits per heavy atom. The van der Waals surface area contributed by atoms with E-state index in [1.807, 2.05) is 24.3 Å². The minimum Gasteiger partial charge on any atom is -0.497 e. The van der Waals surface area contributed by atoms with Crippen LogP contribution >= 0.6 is 11.3 Å². The van der Waals surface area contributed by atoms with Crippen LogP contribution in [0.25, 0.3) is 10.6 Å². The van der Waals surface area contributed by atoms with Crippen molar-refractivity contribution in [3.63, 3.8) is 0 Å². The number of carbonyl (C=O) groups is 1. The van der Waals surface area contributed by atoms with Crippen molar-refractivity contribution >= 4 is 17.3 Å². The number of benzene rings is 1. The normalized spacial score (nSPS) is 13.9. The van der Waals surface area contributed by atoms with E-state index < -0.39 is 0 Å². The molecule has 18 heavy (non-hydrogen) atoms. The van der Waals surface area contributed by atoms with Gasteiger partial charge in [0.1, 0.15) is 15.6 Å². The predicted octanol–water partition coefficient (Wildman–Crippen LogP) is 2.53. The number of cyclic esters (lactones) is 1. The van der Waals surface area contributed by atoms with Gasteiger partial charge in [0, 0.05) is 12.0 Å². The molecular weight excluding hydrogens is 250 g/mol. The van der Waals surface area contributed by atoms with Crippen LogP contribution in [-0.2, 0) is 11.2 Å². The molecule has 0 aliphatic carbocycles. The van der Waals surface area contributed by atoms with E-state index in [9.17, 15) is 4.79 Å². The SMILES string of the molecule is COc1ccc(-c2nc3c(s2)C(=O)OCC3)cc1. The molecule has 0 bridgehead atoms. The summed E-state index contributed by atoms with van der Waals surface area (Å²) in [6.45, 7) is 0.428. The zero-order valence-corrected chi connectivity index (χ0v) is 10.6. The topological polar surface area (TPSA) is 48.4 Å². The number of ether oxygens (including phenoxy) is 2. The third kappa shape index (κ3) is 1.86. The van der Waals surface area contributed by atoms with Crippen molar-refractivity contribution in [2.45, 2.75) is 6.42 Å². The van der Waals surface area contributed by atoms with E-state index in [1.165, 1.54) is 11.3 Å². The first-order valence-electron chi connectivity index (χ1n) is 5.59. The van der Waals surface area contributed by atoms with E-state index in [-0.39, 0.29) is 5.97 Å². The van der Waals surface area contributed by atoms with Gasteiger partial charge < -0.3 is 9.47 Å². The minimum atomic E-state index is -0.256. The maximum atomic E-state index is 11.6. The first kappa shape index (κ1) is 11.2. The molecular formula is C13H11NO3S. The van der Waals surface area contributed by atoms with Gasteiger partial charge in [-0.25, -0.2) is 9.78 Å². The molecule has 0 fully saturated rings. The summed E-state index contributed by atoms with van der Waals surface area (Å²) in [5, 5.41) is 0.849. The number of thiazole rings is 1. The standard InChI is InChI=1S/C13H11NO3S/c1-16-9-4-2-8(3-5-9)12-14-10-6-7-17-13(15)11(10)18-12/h2-5H,6-7H2,1H3. The van der Waals surface area contributed by atoms with Crippen molar-refractivity contribution in [2.24, 2.45) is 0 Å². The van der Waals surface area contributed by atoms with Crippen molar-refractivity contribution in [1.82, 2.24) is 4.98 Å². The molecule has 2 aromatic rings. The molecule has 1 aliphatic heterocycles. The Hall–Kier alpha value is -1.88. The Kier molecular flexibility index (Phi) is 2.76. The van der Waals surface area contributed by atoms with Gasteiger partial charge in [-0.3, -0.25) is 0 Å². The number of methoxy groups -OCH3 is 1. The Labute approximate surface area is 108 Å². The molecule has 1 aromatic heterocycles. The smallest absolute Gasteiger partial charge is 0.350 e. The summed E-state index contributed by atoms with van der Waals surface area (Å²) in [4.78, 5) is 16.7.